The molecule has 48 heavy (non-hydrogen) atoms. The predicted molar refractivity (Wildman–Crippen MR) is 195 cm³/mol. The van der Waals surface area contributed by atoms with Gasteiger partial charge >= 0.3 is 0 Å². The summed E-state index contributed by atoms with van der Waals surface area (Å²) in [5, 5.41) is 2.06. The third kappa shape index (κ3) is 7.18. The van der Waals surface area contributed by atoms with Gasteiger partial charge in [0.05, 0.1) is 11.3 Å². The Labute approximate surface area is 298 Å². The van der Waals surface area contributed by atoms with Crippen molar-refractivity contribution in [3.05, 3.63) is 137 Å². The van der Waals surface area contributed by atoms with E-state index in [9.17, 15) is 0 Å². The van der Waals surface area contributed by atoms with Crippen LogP contribution < -0.4 is 0 Å². The number of furan rings is 1. The summed E-state index contributed by atoms with van der Waals surface area (Å²) in [6.45, 7) is 15.3. The van der Waals surface area contributed by atoms with Crippen LogP contribution in [0.4, 0.5) is 0 Å². The second kappa shape index (κ2) is 15.2. The summed E-state index contributed by atoms with van der Waals surface area (Å²) in [5.74, 6) is 0.812. The van der Waals surface area contributed by atoms with Crippen molar-refractivity contribution in [2.24, 2.45) is 0 Å². The summed E-state index contributed by atoms with van der Waals surface area (Å²) in [6.07, 6.45) is 4.78. The van der Waals surface area contributed by atoms with E-state index in [1.165, 1.54) is 33.4 Å². The Morgan fingerprint density at radius 2 is 1.44 bits per heavy atom. The van der Waals surface area contributed by atoms with E-state index in [2.05, 4.69) is 107 Å². The monoisotopic (exact) mass is 808 g/mol. The average molecular weight is 808 g/mol. The van der Waals surface area contributed by atoms with Crippen molar-refractivity contribution in [2.75, 3.05) is 0 Å². The number of hydrogen-bond acceptors (Lipinski definition) is 4. The van der Waals surface area contributed by atoms with Gasteiger partial charge in [0.25, 0.3) is 0 Å². The number of aryl methyl sites for hydroxylation is 3. The van der Waals surface area contributed by atoms with Gasteiger partial charge in [0.1, 0.15) is 0 Å². The van der Waals surface area contributed by atoms with Gasteiger partial charge in [-0.1, -0.05) is 87.5 Å². The van der Waals surface area contributed by atoms with Crippen molar-refractivity contribution in [1.29, 1.82) is 0 Å². The van der Waals surface area contributed by atoms with Crippen molar-refractivity contribution >= 4 is 22.1 Å². The molecule has 3 aromatic carbocycles. The van der Waals surface area contributed by atoms with Crippen LogP contribution in [0.1, 0.15) is 74.3 Å². The standard InChI is InChI=1S/C31H31N2O.C12H10N.Ir/c1-7-21-16-28(32-17-20(21)6)26-13-9-12-24-25-14-15-27(33-31(25)34-30(24)26)29-22(18(2)3)10-8-11-23(29)19(4)5;1-10-7-8-12(13-9-10)11-5-3-2-4-6-11;/h8-12,14-19H,7H2,1-6H3;2-5,7-9H,1H3;/q2*-1;. The summed E-state index contributed by atoms with van der Waals surface area (Å²) in [6, 6.07) is 35.5. The fourth-order valence-electron chi connectivity index (χ4n) is 6.06. The van der Waals surface area contributed by atoms with E-state index < -0.39 is 0 Å². The Morgan fingerprint density at radius 3 is 2.08 bits per heavy atom. The van der Waals surface area contributed by atoms with E-state index in [0.717, 1.165) is 51.0 Å². The predicted octanol–water partition coefficient (Wildman–Crippen LogP) is 11.5. The summed E-state index contributed by atoms with van der Waals surface area (Å²) < 4.78 is 6.42. The van der Waals surface area contributed by atoms with Gasteiger partial charge < -0.3 is 14.4 Å². The van der Waals surface area contributed by atoms with Gasteiger partial charge in [0, 0.05) is 43.4 Å². The first-order chi connectivity index (χ1) is 22.7. The Balaban J connectivity index is 0.000000270. The molecule has 0 fully saturated rings. The van der Waals surface area contributed by atoms with Gasteiger partial charge in [-0.3, -0.25) is 0 Å². The van der Waals surface area contributed by atoms with E-state index in [1.54, 1.807) is 0 Å². The van der Waals surface area contributed by atoms with Gasteiger partial charge in [-0.15, -0.1) is 54.1 Å². The SMILES string of the molecule is CCc1cc(-c2[c-]ccc3c2oc2nc(-c4c(C(C)C)cccc4C(C)C)ccc23)ncc1C.Cc1ccc(-c2[c-]cccc2)nc1.[Ir]. The summed E-state index contributed by atoms with van der Waals surface area (Å²) in [5.41, 5.74) is 13.8. The summed E-state index contributed by atoms with van der Waals surface area (Å²) in [4.78, 5) is 14.1. The number of fused-ring (bicyclic) bond motifs is 3. The topological polar surface area (TPSA) is 51.8 Å². The molecule has 0 bridgehead atoms. The van der Waals surface area contributed by atoms with Crippen LogP contribution in [0.15, 0.2) is 102 Å². The van der Waals surface area contributed by atoms with Crippen LogP contribution in [0.25, 0.3) is 55.8 Å². The van der Waals surface area contributed by atoms with Crippen molar-refractivity contribution in [3.63, 3.8) is 0 Å². The maximum absolute atomic E-state index is 6.42. The van der Waals surface area contributed by atoms with Gasteiger partial charge in [0.2, 0.25) is 5.71 Å². The van der Waals surface area contributed by atoms with Crippen LogP contribution in [0, 0.1) is 26.0 Å². The Kier molecular flexibility index (Phi) is 11.0. The first-order valence-corrected chi connectivity index (χ1v) is 16.5. The van der Waals surface area contributed by atoms with Gasteiger partial charge in [0.15, 0.2) is 0 Å². The van der Waals surface area contributed by atoms with Crippen LogP contribution >= 0.6 is 0 Å². The Hall–Kier alpha value is -4.44. The molecular weight excluding hydrogens is 767 g/mol. The van der Waals surface area contributed by atoms with Crippen LogP contribution in [-0.4, -0.2) is 15.0 Å². The summed E-state index contributed by atoms with van der Waals surface area (Å²) >= 11 is 0. The first-order valence-electron chi connectivity index (χ1n) is 16.5. The minimum absolute atomic E-state index is 0. The molecule has 4 heterocycles. The smallest absolute Gasteiger partial charge is 0.216 e. The zero-order valence-electron chi connectivity index (χ0n) is 28.7. The summed E-state index contributed by atoms with van der Waals surface area (Å²) in [7, 11) is 0. The fraction of sp³-hybridized carbons (Fsp3) is 0.233. The molecular formula is C43H41IrN3O-2. The molecule has 4 aromatic heterocycles. The van der Waals surface area contributed by atoms with Crippen LogP contribution in [0.5, 0.6) is 0 Å². The number of hydrogen-bond donors (Lipinski definition) is 0. The second-order valence-corrected chi connectivity index (χ2v) is 12.7. The molecule has 1 radical (unpaired) electrons. The van der Waals surface area contributed by atoms with Crippen LogP contribution in [-0.2, 0) is 26.5 Å². The Bertz CT molecular complexity index is 2120. The molecule has 0 unspecified atom stereocenters. The fourth-order valence-corrected chi connectivity index (χ4v) is 6.06. The molecule has 0 N–H and O–H groups in total. The van der Waals surface area contributed by atoms with E-state index in [0.29, 0.717) is 17.5 Å². The third-order valence-corrected chi connectivity index (χ3v) is 8.68. The van der Waals surface area contributed by atoms with Crippen molar-refractivity contribution in [2.45, 2.75) is 66.7 Å². The second-order valence-electron chi connectivity index (χ2n) is 12.7. The molecule has 0 spiro atoms. The molecule has 7 rings (SSSR count). The minimum atomic E-state index is 0. The zero-order chi connectivity index (χ0) is 33.1. The Morgan fingerprint density at radius 1 is 0.708 bits per heavy atom. The molecule has 0 aliphatic rings. The van der Waals surface area contributed by atoms with Crippen molar-refractivity contribution < 1.29 is 24.5 Å². The van der Waals surface area contributed by atoms with Crippen LogP contribution in [0.2, 0.25) is 0 Å². The molecule has 0 atom stereocenters. The number of aromatic nitrogens is 3. The molecule has 5 heteroatoms. The van der Waals surface area contributed by atoms with Crippen molar-refractivity contribution in [1.82, 2.24) is 15.0 Å². The molecule has 0 saturated heterocycles. The quantitative estimate of drug-likeness (QED) is 0.157. The molecule has 4 nitrogen and oxygen atoms in total. The normalized spacial score (nSPS) is 11.1. The molecule has 7 aromatic rings. The van der Waals surface area contributed by atoms with Crippen molar-refractivity contribution in [3.8, 4) is 33.8 Å². The van der Waals surface area contributed by atoms with E-state index in [4.69, 9.17) is 14.4 Å². The first kappa shape index (κ1) is 34.9. The van der Waals surface area contributed by atoms with E-state index in [-0.39, 0.29) is 20.1 Å². The third-order valence-electron chi connectivity index (χ3n) is 8.68. The van der Waals surface area contributed by atoms with E-state index >= 15 is 0 Å². The maximum atomic E-state index is 6.42. The minimum Gasteiger partial charge on any atom is -0.486 e. The number of nitrogens with zero attached hydrogens (tertiary/aromatic N) is 3. The zero-order valence-corrected chi connectivity index (χ0v) is 31.1. The molecule has 0 amide bonds. The van der Waals surface area contributed by atoms with Gasteiger partial charge in [-0.25, -0.2) is 4.98 Å². The molecule has 245 valence electrons. The molecule has 0 aliphatic carbocycles. The molecule has 0 aliphatic heterocycles. The van der Waals surface area contributed by atoms with Gasteiger partial charge in [-0.2, -0.15) is 0 Å². The van der Waals surface area contributed by atoms with Crippen LogP contribution in [0.3, 0.4) is 0 Å². The van der Waals surface area contributed by atoms with Gasteiger partial charge in [-0.05, 0) is 77.9 Å². The van der Waals surface area contributed by atoms with E-state index in [1.807, 2.05) is 55.7 Å². The number of benzene rings is 3. The maximum Gasteiger partial charge on any atom is 0.216 e. The number of pyridine rings is 3. The average Bonchev–Trinajstić information content (AvgIpc) is 3.47. The molecule has 0 saturated carbocycles. The number of rotatable bonds is 6. The largest absolute Gasteiger partial charge is 0.486 e.